The van der Waals surface area contributed by atoms with Gasteiger partial charge in [0.25, 0.3) is 0 Å². The molecular formula is C26H31N5O3. The topological polar surface area (TPSA) is 100 Å². The van der Waals surface area contributed by atoms with Crippen molar-refractivity contribution < 1.29 is 9.90 Å². The zero-order valence-corrected chi connectivity index (χ0v) is 19.5. The second-order valence-corrected chi connectivity index (χ2v) is 9.63. The monoisotopic (exact) mass is 461 g/mol. The Morgan fingerprint density at radius 1 is 1.06 bits per heavy atom. The minimum atomic E-state index is -1.22. The lowest BCUT2D eigenvalue weighted by Gasteiger charge is -2.29. The van der Waals surface area contributed by atoms with Gasteiger partial charge >= 0.3 is 5.97 Å². The summed E-state index contributed by atoms with van der Waals surface area (Å²) < 4.78 is 1.88. The minimum Gasteiger partial charge on any atom is -0.477 e. The average Bonchev–Trinajstić information content (AvgIpc) is 2.86. The highest BCUT2D eigenvalue weighted by Gasteiger charge is 2.23. The minimum absolute atomic E-state index is 0.131. The van der Waals surface area contributed by atoms with Gasteiger partial charge in [-0.3, -0.25) is 4.79 Å². The SMILES string of the molecule is CN1CCC(c2ccc(Nc3ncc4c(=O)c(C(=O)O)cn(C5CCCCC5)c4n3)cc2)CC1. The van der Waals surface area contributed by atoms with Crippen molar-refractivity contribution in [3.05, 3.63) is 58.0 Å². The number of hydrogen-bond donors (Lipinski definition) is 2. The number of likely N-dealkylation sites (tertiary alicyclic amines) is 1. The van der Waals surface area contributed by atoms with Crippen molar-refractivity contribution in [1.82, 2.24) is 19.4 Å². The van der Waals surface area contributed by atoms with Gasteiger partial charge in [-0.15, -0.1) is 0 Å². The molecule has 2 aromatic heterocycles. The summed E-state index contributed by atoms with van der Waals surface area (Å²) in [7, 11) is 2.17. The summed E-state index contributed by atoms with van der Waals surface area (Å²) in [4.78, 5) is 35.9. The number of nitrogens with one attached hydrogen (secondary N) is 1. The summed E-state index contributed by atoms with van der Waals surface area (Å²) in [6.07, 6.45) is 10.5. The molecule has 3 aromatic rings. The van der Waals surface area contributed by atoms with Gasteiger partial charge in [0.15, 0.2) is 0 Å². The number of carboxylic acid groups (broad SMARTS) is 1. The van der Waals surface area contributed by atoms with Crippen LogP contribution in [0.15, 0.2) is 41.5 Å². The molecule has 8 heteroatoms. The third-order valence-electron chi connectivity index (χ3n) is 7.33. The molecule has 0 spiro atoms. The predicted molar refractivity (Wildman–Crippen MR) is 132 cm³/mol. The van der Waals surface area contributed by atoms with E-state index in [-0.39, 0.29) is 17.0 Å². The molecule has 3 heterocycles. The van der Waals surface area contributed by atoms with E-state index >= 15 is 0 Å². The van der Waals surface area contributed by atoms with Crippen molar-refractivity contribution >= 4 is 28.6 Å². The Labute approximate surface area is 198 Å². The Morgan fingerprint density at radius 2 is 1.76 bits per heavy atom. The number of aromatic nitrogens is 3. The first kappa shape index (κ1) is 22.5. The molecule has 1 aliphatic carbocycles. The molecule has 2 aliphatic rings. The number of hydrogen-bond acceptors (Lipinski definition) is 6. The van der Waals surface area contributed by atoms with Crippen LogP contribution in [0.4, 0.5) is 11.6 Å². The average molecular weight is 462 g/mol. The number of pyridine rings is 1. The van der Waals surface area contributed by atoms with E-state index in [9.17, 15) is 14.7 Å². The largest absolute Gasteiger partial charge is 0.477 e. The van der Waals surface area contributed by atoms with Crippen molar-refractivity contribution in [3.63, 3.8) is 0 Å². The van der Waals surface area contributed by atoms with Gasteiger partial charge in [0.1, 0.15) is 11.2 Å². The Bertz CT molecular complexity index is 1240. The van der Waals surface area contributed by atoms with Crippen molar-refractivity contribution in [2.45, 2.75) is 56.9 Å². The summed E-state index contributed by atoms with van der Waals surface area (Å²) in [5.41, 5.74) is 1.95. The number of nitrogens with zero attached hydrogens (tertiary/aromatic N) is 4. The summed E-state index contributed by atoms with van der Waals surface area (Å²) in [6, 6.07) is 8.55. The summed E-state index contributed by atoms with van der Waals surface area (Å²) in [5, 5.41) is 13.1. The van der Waals surface area contributed by atoms with Crippen LogP contribution in [0.1, 0.15) is 72.8 Å². The van der Waals surface area contributed by atoms with Crippen LogP contribution in [0.2, 0.25) is 0 Å². The third-order valence-corrected chi connectivity index (χ3v) is 7.33. The highest BCUT2D eigenvalue weighted by Crippen LogP contribution is 2.31. The molecule has 1 aliphatic heterocycles. The first-order valence-corrected chi connectivity index (χ1v) is 12.2. The number of fused-ring (bicyclic) bond motifs is 1. The van der Waals surface area contributed by atoms with Gasteiger partial charge in [-0.05, 0) is 69.4 Å². The quantitative estimate of drug-likeness (QED) is 0.575. The van der Waals surface area contributed by atoms with E-state index in [2.05, 4.69) is 39.4 Å². The van der Waals surface area contributed by atoms with Gasteiger partial charge in [-0.25, -0.2) is 9.78 Å². The van der Waals surface area contributed by atoms with Crippen LogP contribution in [0.3, 0.4) is 0 Å². The number of aromatic carboxylic acids is 1. The van der Waals surface area contributed by atoms with E-state index in [1.54, 1.807) is 0 Å². The Kier molecular flexibility index (Phi) is 6.32. The standard InChI is InChI=1S/C26H31N5O3/c1-30-13-11-18(12-14-30)17-7-9-19(10-8-17)28-26-27-15-21-23(32)22(25(33)34)16-31(24(21)29-26)20-5-3-2-4-6-20/h7-10,15-16,18,20H,2-6,11-14H2,1H3,(H,33,34)(H,27,28,29). The van der Waals surface area contributed by atoms with Gasteiger partial charge < -0.3 is 19.9 Å². The van der Waals surface area contributed by atoms with Gasteiger partial charge in [0.05, 0.1) is 5.39 Å². The lowest BCUT2D eigenvalue weighted by molar-refractivity contribution is 0.0694. The van der Waals surface area contributed by atoms with Gasteiger partial charge in [0, 0.05) is 24.1 Å². The Morgan fingerprint density at radius 3 is 2.44 bits per heavy atom. The zero-order chi connectivity index (χ0) is 23.7. The van der Waals surface area contributed by atoms with Crippen molar-refractivity contribution in [3.8, 4) is 0 Å². The van der Waals surface area contributed by atoms with E-state index in [4.69, 9.17) is 0 Å². The number of piperidine rings is 1. The Balaban J connectivity index is 1.44. The van der Waals surface area contributed by atoms with Crippen LogP contribution in [0, 0.1) is 0 Å². The lowest BCUT2D eigenvalue weighted by atomic mass is 9.89. The number of carbonyl (C=O) groups is 1. The van der Waals surface area contributed by atoms with E-state index in [1.807, 2.05) is 16.7 Å². The Hall–Kier alpha value is -3.26. The smallest absolute Gasteiger partial charge is 0.341 e. The number of carboxylic acids is 1. The molecule has 0 amide bonds. The van der Waals surface area contributed by atoms with Gasteiger partial charge in [0.2, 0.25) is 11.4 Å². The molecule has 0 unspecified atom stereocenters. The summed E-state index contributed by atoms with van der Waals surface area (Å²) in [6.45, 7) is 2.25. The molecule has 0 atom stereocenters. The van der Waals surface area contributed by atoms with Crippen LogP contribution >= 0.6 is 0 Å². The van der Waals surface area contributed by atoms with Crippen molar-refractivity contribution in [2.75, 3.05) is 25.5 Å². The molecule has 0 radical (unpaired) electrons. The first-order chi connectivity index (χ1) is 16.5. The first-order valence-electron chi connectivity index (χ1n) is 12.2. The predicted octanol–water partition coefficient (Wildman–Crippen LogP) is 4.55. The molecule has 2 N–H and O–H groups in total. The molecule has 1 saturated heterocycles. The van der Waals surface area contributed by atoms with Crippen LogP contribution in [0.25, 0.3) is 11.0 Å². The van der Waals surface area contributed by atoms with E-state index in [1.165, 1.54) is 37.2 Å². The second-order valence-electron chi connectivity index (χ2n) is 9.63. The molecule has 1 aromatic carbocycles. The second kappa shape index (κ2) is 9.54. The fourth-order valence-corrected chi connectivity index (χ4v) is 5.29. The van der Waals surface area contributed by atoms with Crippen LogP contribution in [0.5, 0.6) is 0 Å². The molecule has 34 heavy (non-hydrogen) atoms. The van der Waals surface area contributed by atoms with Gasteiger partial charge in [-0.2, -0.15) is 4.98 Å². The summed E-state index contributed by atoms with van der Waals surface area (Å²) in [5.74, 6) is -0.231. The molecule has 2 fully saturated rings. The van der Waals surface area contributed by atoms with E-state index in [0.717, 1.165) is 44.5 Å². The third kappa shape index (κ3) is 4.55. The normalized spacial score (nSPS) is 18.3. The highest BCUT2D eigenvalue weighted by atomic mass is 16.4. The molecule has 5 rings (SSSR count). The molecular weight excluding hydrogens is 430 g/mol. The number of benzene rings is 1. The van der Waals surface area contributed by atoms with Crippen molar-refractivity contribution in [1.29, 1.82) is 0 Å². The van der Waals surface area contributed by atoms with Crippen molar-refractivity contribution in [2.24, 2.45) is 0 Å². The van der Waals surface area contributed by atoms with Gasteiger partial charge in [-0.1, -0.05) is 31.4 Å². The lowest BCUT2D eigenvalue weighted by Crippen LogP contribution is -2.29. The van der Waals surface area contributed by atoms with Crippen LogP contribution in [-0.2, 0) is 0 Å². The van der Waals surface area contributed by atoms with Crippen LogP contribution in [-0.4, -0.2) is 50.6 Å². The molecule has 178 valence electrons. The number of anilines is 2. The number of rotatable bonds is 5. The van der Waals surface area contributed by atoms with E-state index < -0.39 is 11.4 Å². The maximum Gasteiger partial charge on any atom is 0.341 e. The fourth-order valence-electron chi connectivity index (χ4n) is 5.29. The molecule has 8 nitrogen and oxygen atoms in total. The molecule has 1 saturated carbocycles. The molecule has 0 bridgehead atoms. The zero-order valence-electron chi connectivity index (χ0n) is 19.5. The fraction of sp³-hybridized carbons (Fsp3) is 0.462. The van der Waals surface area contributed by atoms with E-state index in [0.29, 0.717) is 17.5 Å². The highest BCUT2D eigenvalue weighted by molar-refractivity contribution is 5.91. The van der Waals surface area contributed by atoms with Crippen LogP contribution < -0.4 is 10.7 Å². The maximum absolute atomic E-state index is 12.8. The summed E-state index contributed by atoms with van der Waals surface area (Å²) >= 11 is 0. The maximum atomic E-state index is 12.8.